The molecule has 3 atom stereocenters. The van der Waals surface area contributed by atoms with Gasteiger partial charge in [-0.3, -0.25) is 0 Å². The van der Waals surface area contributed by atoms with Crippen LogP contribution in [0.25, 0.3) is 0 Å². The van der Waals surface area contributed by atoms with Crippen molar-refractivity contribution in [2.45, 2.75) is 69.0 Å². The van der Waals surface area contributed by atoms with E-state index in [1.54, 1.807) is 7.11 Å². The minimum absolute atomic E-state index is 0.132. The van der Waals surface area contributed by atoms with Gasteiger partial charge in [-0.25, -0.2) is 13.1 Å². The molecule has 0 amide bonds. The van der Waals surface area contributed by atoms with Gasteiger partial charge < -0.3 is 9.47 Å². The molecule has 5 saturated carbocycles. The van der Waals surface area contributed by atoms with E-state index in [0.717, 1.165) is 17.6 Å². The molecule has 4 bridgehead atoms. The minimum atomic E-state index is -5.39. The van der Waals surface area contributed by atoms with Crippen LogP contribution in [0.4, 0.5) is 13.2 Å². The van der Waals surface area contributed by atoms with Crippen molar-refractivity contribution in [1.29, 1.82) is 0 Å². The van der Waals surface area contributed by atoms with E-state index < -0.39 is 21.6 Å². The highest BCUT2D eigenvalue weighted by Crippen LogP contribution is 2.58. The van der Waals surface area contributed by atoms with Crippen molar-refractivity contribution in [3.63, 3.8) is 0 Å². The zero-order valence-corrected chi connectivity index (χ0v) is 17.7. The SMILES string of the molecule is COC(=C1C2CC3CC(C2)CC1C3)C1CC(NS(=O)(=O)C(F)(F)F)CC(OC)C1. The van der Waals surface area contributed by atoms with Crippen LogP contribution in [0.2, 0.25) is 0 Å². The van der Waals surface area contributed by atoms with Crippen LogP contribution in [0.1, 0.15) is 51.4 Å². The molecule has 0 aliphatic heterocycles. The standard InChI is InChI=1S/C20H30F3NO4S/c1-27-17-9-15(8-16(10-17)24-29(25,26)20(21,22)23)19(28-2)18-13-4-11-3-12(6-13)7-14(18)5-11/h11-17,24H,3-10H2,1-2H3. The summed E-state index contributed by atoms with van der Waals surface area (Å²) < 4.78 is 75.1. The molecule has 166 valence electrons. The number of halogens is 3. The molecular formula is C20H30F3NO4S. The van der Waals surface area contributed by atoms with E-state index in [0.29, 0.717) is 24.7 Å². The summed E-state index contributed by atoms with van der Waals surface area (Å²) >= 11 is 0. The van der Waals surface area contributed by atoms with Crippen LogP contribution in [0, 0.1) is 29.6 Å². The number of hydrogen-bond acceptors (Lipinski definition) is 4. The number of hydrogen-bond donors (Lipinski definition) is 1. The summed E-state index contributed by atoms with van der Waals surface area (Å²) in [4.78, 5) is 0. The summed E-state index contributed by atoms with van der Waals surface area (Å²) in [5.74, 6) is 3.36. The Bertz CT molecular complexity index is 734. The second-order valence-corrected chi connectivity index (χ2v) is 11.1. The predicted molar refractivity (Wildman–Crippen MR) is 101 cm³/mol. The molecule has 0 saturated heterocycles. The van der Waals surface area contributed by atoms with Gasteiger partial charge in [0.2, 0.25) is 0 Å². The number of ether oxygens (including phenoxy) is 2. The van der Waals surface area contributed by atoms with Crippen LogP contribution in [-0.2, 0) is 19.5 Å². The average molecular weight is 438 g/mol. The Labute approximate surface area is 170 Å². The first-order chi connectivity index (χ1) is 13.6. The fourth-order valence-corrected chi connectivity index (χ4v) is 7.44. The summed E-state index contributed by atoms with van der Waals surface area (Å²) in [6.07, 6.45) is 6.91. The average Bonchev–Trinajstić information content (AvgIpc) is 2.62. The quantitative estimate of drug-likeness (QED) is 0.661. The van der Waals surface area contributed by atoms with Crippen molar-refractivity contribution in [3.8, 4) is 0 Å². The fraction of sp³-hybridized carbons (Fsp3) is 0.900. The van der Waals surface area contributed by atoms with Crippen molar-refractivity contribution in [2.24, 2.45) is 29.6 Å². The largest absolute Gasteiger partial charge is 0.511 e. The number of nitrogens with one attached hydrogen (secondary N) is 1. The van der Waals surface area contributed by atoms with Crippen molar-refractivity contribution < 1.29 is 31.1 Å². The molecule has 5 fully saturated rings. The lowest BCUT2D eigenvalue weighted by molar-refractivity contribution is -0.0458. The molecule has 1 N–H and O–H groups in total. The number of methoxy groups -OCH3 is 2. The van der Waals surface area contributed by atoms with Crippen LogP contribution in [0.15, 0.2) is 11.3 Å². The normalized spacial score (nSPS) is 39.6. The molecule has 29 heavy (non-hydrogen) atoms. The number of sulfonamides is 1. The molecule has 0 aromatic rings. The van der Waals surface area contributed by atoms with Crippen LogP contribution >= 0.6 is 0 Å². The summed E-state index contributed by atoms with van der Waals surface area (Å²) in [6.45, 7) is 0. The van der Waals surface area contributed by atoms with Crippen LogP contribution in [0.5, 0.6) is 0 Å². The summed E-state index contributed by atoms with van der Waals surface area (Å²) in [7, 11) is -2.23. The lowest BCUT2D eigenvalue weighted by Crippen LogP contribution is -2.48. The minimum Gasteiger partial charge on any atom is -0.501 e. The van der Waals surface area contributed by atoms with Gasteiger partial charge in [-0.1, -0.05) is 0 Å². The first-order valence-corrected chi connectivity index (χ1v) is 12.0. The zero-order valence-electron chi connectivity index (χ0n) is 16.9. The summed E-state index contributed by atoms with van der Waals surface area (Å²) in [6, 6.07) is -0.826. The van der Waals surface area contributed by atoms with Gasteiger partial charge in [0.15, 0.2) is 0 Å². The Morgan fingerprint density at radius 1 is 0.931 bits per heavy atom. The van der Waals surface area contributed by atoms with E-state index in [-0.39, 0.29) is 18.4 Å². The van der Waals surface area contributed by atoms with Gasteiger partial charge in [-0.2, -0.15) is 13.2 Å². The maximum atomic E-state index is 12.9. The molecule has 0 heterocycles. The third-order valence-corrected chi connectivity index (χ3v) is 8.77. The predicted octanol–water partition coefficient (Wildman–Crippen LogP) is 3.97. The lowest BCUT2D eigenvalue weighted by Gasteiger charge is -2.52. The lowest BCUT2D eigenvalue weighted by atomic mass is 9.53. The summed E-state index contributed by atoms with van der Waals surface area (Å²) in [5, 5.41) is 0. The van der Waals surface area contributed by atoms with Crippen LogP contribution in [0.3, 0.4) is 0 Å². The Kier molecular flexibility index (Phi) is 5.70. The highest BCUT2D eigenvalue weighted by molar-refractivity contribution is 7.90. The Morgan fingerprint density at radius 3 is 2.00 bits per heavy atom. The van der Waals surface area contributed by atoms with Gasteiger partial charge >= 0.3 is 15.5 Å². The number of rotatable bonds is 5. The van der Waals surface area contributed by atoms with E-state index in [1.165, 1.54) is 44.8 Å². The van der Waals surface area contributed by atoms with Crippen molar-refractivity contribution in [3.05, 3.63) is 11.3 Å². The van der Waals surface area contributed by atoms with Crippen LogP contribution in [-0.4, -0.2) is 40.3 Å². The molecule has 5 aliphatic carbocycles. The smallest absolute Gasteiger partial charge is 0.501 e. The van der Waals surface area contributed by atoms with Gasteiger partial charge in [-0.15, -0.1) is 0 Å². The molecule has 9 heteroatoms. The van der Waals surface area contributed by atoms with Crippen LogP contribution < -0.4 is 4.72 Å². The molecular weight excluding hydrogens is 407 g/mol. The molecule has 3 unspecified atom stereocenters. The molecule has 0 aromatic carbocycles. The van der Waals surface area contributed by atoms with Gasteiger partial charge in [0.1, 0.15) is 0 Å². The molecule has 5 rings (SSSR count). The Hall–Kier alpha value is -0.800. The van der Waals surface area contributed by atoms with Gasteiger partial charge in [0, 0.05) is 19.1 Å². The van der Waals surface area contributed by atoms with Gasteiger partial charge in [0.25, 0.3) is 0 Å². The third kappa shape index (κ3) is 4.06. The topological polar surface area (TPSA) is 64.6 Å². The van der Waals surface area contributed by atoms with E-state index in [9.17, 15) is 21.6 Å². The third-order valence-electron chi connectivity index (χ3n) is 7.52. The summed E-state index contributed by atoms with van der Waals surface area (Å²) in [5.41, 5.74) is -3.95. The van der Waals surface area contributed by atoms with E-state index >= 15 is 0 Å². The molecule has 0 radical (unpaired) electrons. The monoisotopic (exact) mass is 437 g/mol. The number of alkyl halides is 3. The first-order valence-electron chi connectivity index (χ1n) is 10.5. The van der Waals surface area contributed by atoms with Gasteiger partial charge in [0.05, 0.1) is 19.0 Å². The van der Waals surface area contributed by atoms with E-state index in [4.69, 9.17) is 9.47 Å². The van der Waals surface area contributed by atoms with E-state index in [2.05, 4.69) is 0 Å². The maximum absolute atomic E-state index is 12.9. The van der Waals surface area contributed by atoms with Gasteiger partial charge in [-0.05, 0) is 80.6 Å². The molecule has 0 aromatic heterocycles. The molecule has 5 nitrogen and oxygen atoms in total. The van der Waals surface area contributed by atoms with Crippen molar-refractivity contribution in [1.82, 2.24) is 4.72 Å². The van der Waals surface area contributed by atoms with E-state index in [1.807, 2.05) is 4.72 Å². The number of allylic oxidation sites excluding steroid dienone is 2. The second kappa shape index (κ2) is 7.71. The maximum Gasteiger partial charge on any atom is 0.511 e. The highest BCUT2D eigenvalue weighted by atomic mass is 32.2. The highest BCUT2D eigenvalue weighted by Gasteiger charge is 2.50. The zero-order chi connectivity index (χ0) is 21.0. The Balaban J connectivity index is 1.59. The van der Waals surface area contributed by atoms with Crippen molar-refractivity contribution in [2.75, 3.05) is 14.2 Å². The van der Waals surface area contributed by atoms with Crippen molar-refractivity contribution >= 4 is 10.0 Å². The molecule has 5 aliphatic rings. The first kappa shape index (κ1) is 21.4. The molecule has 0 spiro atoms. The fourth-order valence-electron chi connectivity index (χ4n) is 6.67. The Morgan fingerprint density at radius 2 is 1.52 bits per heavy atom. The second-order valence-electron chi connectivity index (χ2n) is 9.35.